The van der Waals surface area contributed by atoms with E-state index >= 15 is 0 Å². The van der Waals surface area contributed by atoms with Gasteiger partial charge in [0, 0.05) is 12.6 Å². The Morgan fingerprint density at radius 1 is 1.23 bits per heavy atom. The van der Waals surface area contributed by atoms with Gasteiger partial charge in [0.15, 0.2) is 0 Å². The predicted molar refractivity (Wildman–Crippen MR) is 60.2 cm³/mol. The molecule has 0 fully saturated rings. The van der Waals surface area contributed by atoms with Gasteiger partial charge in [-0.1, -0.05) is 27.2 Å². The van der Waals surface area contributed by atoms with Crippen molar-refractivity contribution in [3.05, 3.63) is 0 Å². The van der Waals surface area contributed by atoms with E-state index < -0.39 is 0 Å². The molecule has 2 nitrogen and oxygen atoms in total. The summed E-state index contributed by atoms with van der Waals surface area (Å²) in [6, 6.07) is 0.664. The minimum atomic E-state index is 0.664. The molecule has 0 aliphatic rings. The van der Waals surface area contributed by atoms with Crippen LogP contribution in [0.3, 0.4) is 0 Å². The molecule has 0 aromatic rings. The molecule has 80 valence electrons. The lowest BCUT2D eigenvalue weighted by Gasteiger charge is -2.25. The monoisotopic (exact) mass is 186 g/mol. The van der Waals surface area contributed by atoms with Crippen molar-refractivity contribution in [2.75, 3.05) is 26.7 Å². The van der Waals surface area contributed by atoms with E-state index in [0.717, 1.165) is 0 Å². The lowest BCUT2D eigenvalue weighted by molar-refractivity contribution is 0.251. The van der Waals surface area contributed by atoms with E-state index in [1.54, 1.807) is 0 Å². The second kappa shape index (κ2) is 8.52. The Labute approximate surface area is 83.7 Å². The molecule has 0 amide bonds. The summed E-state index contributed by atoms with van der Waals surface area (Å²) < 4.78 is 0. The van der Waals surface area contributed by atoms with Crippen LogP contribution in [-0.2, 0) is 0 Å². The quantitative estimate of drug-likeness (QED) is 0.624. The zero-order chi connectivity index (χ0) is 10.1. The molecule has 0 aliphatic carbocycles. The number of nitrogens with one attached hydrogen (secondary N) is 1. The van der Waals surface area contributed by atoms with E-state index in [9.17, 15) is 0 Å². The van der Waals surface area contributed by atoms with Crippen molar-refractivity contribution >= 4 is 0 Å². The van der Waals surface area contributed by atoms with Crippen molar-refractivity contribution in [2.45, 2.75) is 46.1 Å². The maximum atomic E-state index is 3.35. The van der Waals surface area contributed by atoms with Gasteiger partial charge in [-0.25, -0.2) is 0 Å². The Hall–Kier alpha value is -0.0800. The topological polar surface area (TPSA) is 15.3 Å². The van der Waals surface area contributed by atoms with Crippen LogP contribution in [0.4, 0.5) is 0 Å². The lowest BCUT2D eigenvalue weighted by Crippen LogP contribution is -2.39. The van der Waals surface area contributed by atoms with E-state index in [1.807, 2.05) is 0 Å². The molecule has 0 heterocycles. The Balaban J connectivity index is 3.67. The van der Waals surface area contributed by atoms with Gasteiger partial charge in [0.2, 0.25) is 0 Å². The van der Waals surface area contributed by atoms with Gasteiger partial charge >= 0.3 is 0 Å². The Morgan fingerprint density at radius 3 is 2.31 bits per heavy atom. The molecule has 13 heavy (non-hydrogen) atoms. The average molecular weight is 186 g/mol. The minimum absolute atomic E-state index is 0.664. The molecule has 0 saturated carbocycles. The van der Waals surface area contributed by atoms with Gasteiger partial charge < -0.3 is 10.2 Å². The van der Waals surface area contributed by atoms with Gasteiger partial charge in [-0.05, 0) is 33.0 Å². The van der Waals surface area contributed by atoms with E-state index in [0.29, 0.717) is 6.04 Å². The number of rotatable bonds is 8. The summed E-state index contributed by atoms with van der Waals surface area (Å²) in [6.07, 6.45) is 3.85. The second-order valence-electron chi connectivity index (χ2n) is 3.64. The molecule has 1 unspecified atom stereocenters. The van der Waals surface area contributed by atoms with E-state index in [1.165, 1.54) is 38.9 Å². The third kappa shape index (κ3) is 6.05. The van der Waals surface area contributed by atoms with Crippen LogP contribution >= 0.6 is 0 Å². The fourth-order valence-electron chi connectivity index (χ4n) is 1.50. The molecule has 0 spiro atoms. The predicted octanol–water partition coefficient (Wildman–Crippen LogP) is 2.11. The zero-order valence-electron chi connectivity index (χ0n) is 9.77. The zero-order valence-corrected chi connectivity index (χ0v) is 9.77. The highest BCUT2D eigenvalue weighted by atomic mass is 15.1. The molecule has 1 N–H and O–H groups in total. The number of hydrogen-bond donors (Lipinski definition) is 1. The maximum absolute atomic E-state index is 3.35. The van der Waals surface area contributed by atoms with Crippen LogP contribution in [-0.4, -0.2) is 37.6 Å². The molecule has 0 bridgehead atoms. The normalized spacial score (nSPS) is 13.6. The van der Waals surface area contributed by atoms with Gasteiger partial charge in [0.25, 0.3) is 0 Å². The fourth-order valence-corrected chi connectivity index (χ4v) is 1.50. The summed E-state index contributed by atoms with van der Waals surface area (Å²) in [5.41, 5.74) is 0. The Morgan fingerprint density at radius 2 is 1.92 bits per heavy atom. The van der Waals surface area contributed by atoms with Gasteiger partial charge in [0.1, 0.15) is 0 Å². The van der Waals surface area contributed by atoms with Crippen LogP contribution in [0.25, 0.3) is 0 Å². The molecule has 0 aliphatic heterocycles. The van der Waals surface area contributed by atoms with E-state index in [-0.39, 0.29) is 0 Å². The smallest absolute Gasteiger partial charge is 0.0189 e. The van der Waals surface area contributed by atoms with Crippen LogP contribution in [0.15, 0.2) is 0 Å². The lowest BCUT2D eigenvalue weighted by atomic mass is 10.2. The first kappa shape index (κ1) is 12.9. The van der Waals surface area contributed by atoms with E-state index in [4.69, 9.17) is 0 Å². The van der Waals surface area contributed by atoms with Gasteiger partial charge in [-0.3, -0.25) is 0 Å². The molecule has 0 saturated heterocycles. The van der Waals surface area contributed by atoms with Crippen LogP contribution in [0.2, 0.25) is 0 Å². The van der Waals surface area contributed by atoms with E-state index in [2.05, 4.69) is 38.0 Å². The van der Waals surface area contributed by atoms with Crippen LogP contribution in [0.1, 0.15) is 40.0 Å². The summed E-state index contributed by atoms with van der Waals surface area (Å²) >= 11 is 0. The van der Waals surface area contributed by atoms with Crippen molar-refractivity contribution in [3.63, 3.8) is 0 Å². The second-order valence-corrected chi connectivity index (χ2v) is 3.64. The number of unbranched alkanes of at least 4 members (excludes halogenated alkanes) is 1. The summed E-state index contributed by atoms with van der Waals surface area (Å²) in [5, 5.41) is 3.35. The standard InChI is InChI=1S/C11H26N2/c1-5-8-9-13(7-3)10-11(6-2)12-4/h11-12H,5-10H2,1-4H3. The Bertz CT molecular complexity index is 100. The molecule has 0 radical (unpaired) electrons. The Kier molecular flexibility index (Phi) is 8.46. The summed E-state index contributed by atoms with van der Waals surface area (Å²) in [6.45, 7) is 10.4. The number of nitrogens with zero attached hydrogens (tertiary/aromatic N) is 1. The molecule has 0 aromatic heterocycles. The fraction of sp³-hybridized carbons (Fsp3) is 1.00. The highest BCUT2D eigenvalue weighted by Gasteiger charge is 2.08. The average Bonchev–Trinajstić information content (AvgIpc) is 2.19. The van der Waals surface area contributed by atoms with Crippen molar-refractivity contribution < 1.29 is 0 Å². The highest BCUT2D eigenvalue weighted by Crippen LogP contribution is 1.99. The van der Waals surface area contributed by atoms with Crippen molar-refractivity contribution in [1.82, 2.24) is 10.2 Å². The van der Waals surface area contributed by atoms with Gasteiger partial charge in [-0.15, -0.1) is 0 Å². The molecular weight excluding hydrogens is 160 g/mol. The number of likely N-dealkylation sites (N-methyl/N-ethyl adjacent to an activating group) is 2. The molecule has 2 heteroatoms. The third-order valence-electron chi connectivity index (χ3n) is 2.65. The summed E-state index contributed by atoms with van der Waals surface area (Å²) in [5.74, 6) is 0. The van der Waals surface area contributed by atoms with Crippen molar-refractivity contribution in [3.8, 4) is 0 Å². The van der Waals surface area contributed by atoms with Crippen molar-refractivity contribution in [2.24, 2.45) is 0 Å². The van der Waals surface area contributed by atoms with Crippen molar-refractivity contribution in [1.29, 1.82) is 0 Å². The largest absolute Gasteiger partial charge is 0.316 e. The first-order chi connectivity index (χ1) is 6.28. The van der Waals surface area contributed by atoms with Gasteiger partial charge in [0.05, 0.1) is 0 Å². The highest BCUT2D eigenvalue weighted by molar-refractivity contribution is 4.68. The molecule has 1 atom stereocenters. The summed E-state index contributed by atoms with van der Waals surface area (Å²) in [4.78, 5) is 2.54. The third-order valence-corrected chi connectivity index (χ3v) is 2.65. The first-order valence-corrected chi connectivity index (χ1v) is 5.68. The summed E-state index contributed by atoms with van der Waals surface area (Å²) in [7, 11) is 2.06. The van der Waals surface area contributed by atoms with Crippen LogP contribution < -0.4 is 5.32 Å². The molecule has 0 aromatic carbocycles. The SMILES string of the molecule is CCCCN(CC)CC(CC)NC. The minimum Gasteiger partial charge on any atom is -0.316 e. The van der Waals surface area contributed by atoms with Crippen LogP contribution in [0, 0.1) is 0 Å². The first-order valence-electron chi connectivity index (χ1n) is 5.68. The molecular formula is C11H26N2. The maximum Gasteiger partial charge on any atom is 0.0189 e. The van der Waals surface area contributed by atoms with Crippen LogP contribution in [0.5, 0.6) is 0 Å². The number of hydrogen-bond acceptors (Lipinski definition) is 2. The van der Waals surface area contributed by atoms with Gasteiger partial charge in [-0.2, -0.15) is 0 Å². The molecule has 0 rings (SSSR count).